The topological polar surface area (TPSA) is 45.6 Å². The highest BCUT2D eigenvalue weighted by Crippen LogP contribution is 2.66. The van der Waals surface area contributed by atoms with E-state index in [1.165, 1.54) is 27.8 Å². The Hall–Kier alpha value is -2.85. The number of aromatic hydroxyl groups is 1. The number of fused-ring (bicyclic) bond motifs is 2. The van der Waals surface area contributed by atoms with Gasteiger partial charge >= 0.3 is 0 Å². The molecule has 2 unspecified atom stereocenters. The van der Waals surface area contributed by atoms with Gasteiger partial charge in [0.25, 0.3) is 0 Å². The van der Waals surface area contributed by atoms with Crippen LogP contribution in [0.4, 0.5) is 0 Å². The van der Waals surface area contributed by atoms with Gasteiger partial charge in [0.15, 0.2) is 17.6 Å². The van der Waals surface area contributed by atoms with E-state index in [1.54, 1.807) is 0 Å². The molecule has 1 aromatic heterocycles. The van der Waals surface area contributed by atoms with Crippen LogP contribution in [0.5, 0.6) is 11.5 Å². The van der Waals surface area contributed by atoms with Gasteiger partial charge in [0, 0.05) is 28.8 Å². The van der Waals surface area contributed by atoms with Crippen molar-refractivity contribution in [1.82, 2.24) is 9.88 Å². The van der Waals surface area contributed by atoms with Crippen LogP contribution in [0.1, 0.15) is 34.9 Å². The van der Waals surface area contributed by atoms with E-state index in [9.17, 15) is 5.11 Å². The smallest absolute Gasteiger partial charge is 0.166 e. The zero-order chi connectivity index (χ0) is 20.0. The number of hydrogen-bond acceptors (Lipinski definition) is 4. The zero-order valence-electron chi connectivity index (χ0n) is 17.0. The molecule has 0 amide bonds. The fourth-order valence-corrected chi connectivity index (χ4v) is 6.85. The molecule has 4 aliphatic rings. The normalized spacial score (nSPS) is 30.4. The van der Waals surface area contributed by atoms with Gasteiger partial charge in [-0.3, -0.25) is 4.98 Å². The number of piperidine rings is 1. The van der Waals surface area contributed by atoms with Crippen LogP contribution in [-0.4, -0.2) is 34.6 Å². The van der Waals surface area contributed by atoms with Crippen molar-refractivity contribution in [2.75, 3.05) is 13.6 Å². The molecule has 1 N–H and O–H groups in total. The summed E-state index contributed by atoms with van der Waals surface area (Å²) in [6.07, 6.45) is 5.00. The first-order valence-corrected chi connectivity index (χ1v) is 10.9. The van der Waals surface area contributed by atoms with Crippen LogP contribution in [0, 0.1) is 5.92 Å². The largest absolute Gasteiger partial charge is 0.504 e. The number of likely N-dealkylation sites (tertiary alicyclic amines) is 1. The molecule has 4 heteroatoms. The number of benzene rings is 2. The van der Waals surface area contributed by atoms with Crippen molar-refractivity contribution in [2.45, 2.75) is 36.8 Å². The van der Waals surface area contributed by atoms with Gasteiger partial charge in [0.2, 0.25) is 0 Å². The van der Waals surface area contributed by atoms with E-state index in [1.807, 2.05) is 18.3 Å². The molecule has 0 saturated carbocycles. The van der Waals surface area contributed by atoms with Gasteiger partial charge in [0.05, 0.1) is 5.69 Å². The van der Waals surface area contributed by atoms with E-state index in [0.29, 0.717) is 17.7 Å². The highest BCUT2D eigenvalue weighted by molar-refractivity contribution is 5.66. The molecule has 2 aliphatic carbocycles. The maximum Gasteiger partial charge on any atom is 0.166 e. The summed E-state index contributed by atoms with van der Waals surface area (Å²) < 4.78 is 6.59. The number of hydrogen-bond donors (Lipinski definition) is 1. The Morgan fingerprint density at radius 3 is 2.80 bits per heavy atom. The molecule has 2 bridgehead atoms. The number of ether oxygens (including phenoxy) is 1. The summed E-state index contributed by atoms with van der Waals surface area (Å²) in [5.41, 5.74) is 7.30. The summed E-state index contributed by atoms with van der Waals surface area (Å²) >= 11 is 0. The van der Waals surface area contributed by atoms with Crippen molar-refractivity contribution in [3.05, 3.63) is 77.1 Å². The first-order valence-electron chi connectivity index (χ1n) is 10.9. The summed E-state index contributed by atoms with van der Waals surface area (Å²) in [7, 11) is 2.27. The van der Waals surface area contributed by atoms with Crippen LogP contribution in [0.15, 0.2) is 54.7 Å². The Morgan fingerprint density at radius 1 is 1.07 bits per heavy atom. The van der Waals surface area contributed by atoms with Crippen molar-refractivity contribution in [3.8, 4) is 22.6 Å². The lowest BCUT2D eigenvalue weighted by molar-refractivity contribution is -0.0260. The molecule has 1 saturated heterocycles. The lowest BCUT2D eigenvalue weighted by atomic mass is 9.51. The van der Waals surface area contributed by atoms with E-state index in [4.69, 9.17) is 9.72 Å². The average molecular weight is 396 g/mol. The predicted octanol–water partition coefficient (Wildman–Crippen LogP) is 4.26. The standard InChI is InChI=1S/C26H24N2O2/c1-28-10-9-26-19-12-17-11-18(15-5-3-2-4-6-15)14-27-23(17)25(26)30-24-21(29)8-7-16(22(24)26)13-20(19)28/h2-8,11,14,19-20,25,29H,9-10,12-13H2,1H3/t19-,20?,25-,26?/m0/s1. The summed E-state index contributed by atoms with van der Waals surface area (Å²) in [4.78, 5) is 7.52. The second-order valence-electron chi connectivity index (χ2n) is 9.43. The third kappa shape index (κ3) is 1.93. The van der Waals surface area contributed by atoms with Crippen molar-refractivity contribution in [1.29, 1.82) is 0 Å². The van der Waals surface area contributed by atoms with E-state index in [2.05, 4.69) is 48.3 Å². The highest BCUT2D eigenvalue weighted by atomic mass is 16.5. The number of pyridine rings is 1. The lowest BCUT2D eigenvalue weighted by Crippen LogP contribution is -2.62. The molecule has 4 atom stereocenters. The fourth-order valence-electron chi connectivity index (χ4n) is 6.85. The van der Waals surface area contributed by atoms with Gasteiger partial charge in [-0.2, -0.15) is 0 Å². The van der Waals surface area contributed by atoms with Crippen molar-refractivity contribution in [3.63, 3.8) is 0 Å². The monoisotopic (exact) mass is 396 g/mol. The van der Waals surface area contributed by atoms with Gasteiger partial charge in [-0.05, 0) is 67.6 Å². The Balaban J connectivity index is 1.45. The average Bonchev–Trinajstić information content (AvgIpc) is 3.13. The first kappa shape index (κ1) is 16.9. The number of aromatic nitrogens is 1. The Kier molecular flexibility index (Phi) is 3.18. The summed E-state index contributed by atoms with van der Waals surface area (Å²) in [5.74, 6) is 1.47. The van der Waals surface area contributed by atoms with Gasteiger partial charge < -0.3 is 14.7 Å². The highest BCUT2D eigenvalue weighted by Gasteiger charge is 2.64. The first-order chi connectivity index (χ1) is 14.7. The second kappa shape index (κ2) is 5.64. The van der Waals surface area contributed by atoms with Crippen LogP contribution in [0.2, 0.25) is 0 Å². The number of rotatable bonds is 1. The lowest BCUT2D eigenvalue weighted by Gasteiger charge is -2.57. The van der Waals surface area contributed by atoms with Crippen molar-refractivity contribution in [2.24, 2.45) is 5.92 Å². The zero-order valence-corrected chi connectivity index (χ0v) is 17.0. The molecule has 1 fully saturated rings. The van der Waals surface area contributed by atoms with E-state index in [-0.39, 0.29) is 17.3 Å². The Labute approximate surface area is 176 Å². The summed E-state index contributed by atoms with van der Waals surface area (Å²) in [6.45, 7) is 1.06. The fraction of sp³-hybridized carbons (Fsp3) is 0.346. The molecule has 0 radical (unpaired) electrons. The van der Waals surface area contributed by atoms with Crippen LogP contribution in [0.25, 0.3) is 11.1 Å². The maximum atomic E-state index is 10.6. The van der Waals surface area contributed by atoms with Gasteiger partial charge in [0.1, 0.15) is 0 Å². The molecule has 7 rings (SSSR count). The van der Waals surface area contributed by atoms with Gasteiger partial charge in [-0.15, -0.1) is 0 Å². The summed E-state index contributed by atoms with van der Waals surface area (Å²) in [5, 5.41) is 10.6. The molecule has 2 aromatic carbocycles. The number of nitrogens with zero attached hydrogens (tertiary/aromatic N) is 2. The second-order valence-corrected chi connectivity index (χ2v) is 9.43. The van der Waals surface area contributed by atoms with E-state index in [0.717, 1.165) is 31.5 Å². The number of likely N-dealkylation sites (N-methyl/N-ethyl adjacent to an activating group) is 1. The third-order valence-corrected chi connectivity index (χ3v) is 8.19. The maximum absolute atomic E-state index is 10.6. The molecule has 4 nitrogen and oxygen atoms in total. The van der Waals surface area contributed by atoms with Crippen molar-refractivity contribution >= 4 is 0 Å². The van der Waals surface area contributed by atoms with Crippen LogP contribution < -0.4 is 4.74 Å². The molecular formula is C26H24N2O2. The van der Waals surface area contributed by atoms with Crippen LogP contribution >= 0.6 is 0 Å². The minimum Gasteiger partial charge on any atom is -0.504 e. The minimum absolute atomic E-state index is 0.0624. The molecule has 1 spiro atoms. The van der Waals surface area contributed by atoms with Gasteiger partial charge in [-0.1, -0.05) is 36.4 Å². The molecule has 30 heavy (non-hydrogen) atoms. The Bertz CT molecular complexity index is 1190. The quantitative estimate of drug-likeness (QED) is 0.668. The van der Waals surface area contributed by atoms with Gasteiger partial charge in [-0.25, -0.2) is 0 Å². The molecule has 2 aliphatic heterocycles. The summed E-state index contributed by atoms with van der Waals surface area (Å²) in [6, 6.07) is 17.2. The Morgan fingerprint density at radius 2 is 1.93 bits per heavy atom. The third-order valence-electron chi connectivity index (χ3n) is 8.19. The van der Waals surface area contributed by atoms with Crippen molar-refractivity contribution < 1.29 is 9.84 Å². The van der Waals surface area contributed by atoms with Crippen LogP contribution in [0.3, 0.4) is 0 Å². The van der Waals surface area contributed by atoms with Crippen LogP contribution in [-0.2, 0) is 18.3 Å². The van der Waals surface area contributed by atoms with E-state index < -0.39 is 0 Å². The number of phenols is 1. The predicted molar refractivity (Wildman–Crippen MR) is 115 cm³/mol. The molecule has 3 heterocycles. The SMILES string of the molecule is CN1CCC23c4c5ccc(O)c4O[C@H]2c2ncc(-c4ccccc4)cc2C[C@H]3C1C5. The molecule has 150 valence electrons. The molecule has 3 aromatic rings. The van der Waals surface area contributed by atoms with E-state index >= 15 is 0 Å². The molecular weight excluding hydrogens is 372 g/mol. The number of phenolic OH excluding ortho intramolecular Hbond substituents is 1. The minimum atomic E-state index is -0.102.